The molecule has 3 rings (SSSR count). The van der Waals surface area contributed by atoms with Gasteiger partial charge in [0.25, 0.3) is 0 Å². The number of carbonyl (C=O) groups excluding carboxylic acids is 2. The number of aromatic nitrogens is 3. The van der Waals surface area contributed by atoms with Crippen LogP contribution >= 0.6 is 11.8 Å². The van der Waals surface area contributed by atoms with Gasteiger partial charge in [0, 0.05) is 26.2 Å². The van der Waals surface area contributed by atoms with E-state index in [1.807, 2.05) is 16.7 Å². The highest BCUT2D eigenvalue weighted by molar-refractivity contribution is 7.99. The standard InChI is InChI=1S/C16H21N5O4S/c1-2-24-16(23)20-7-5-19(6-8-20)14(22)11-26-15-18-17-12-21(15)10-13-4-3-9-25-13/h3-4,9,12H,2,5-8,10-11H2,1H3. The fraction of sp³-hybridized carbons (Fsp3) is 0.500. The normalized spacial score (nSPS) is 14.5. The van der Waals surface area contributed by atoms with Crippen molar-refractivity contribution in [1.29, 1.82) is 0 Å². The lowest BCUT2D eigenvalue weighted by atomic mass is 10.3. The van der Waals surface area contributed by atoms with Crippen LogP contribution in [0.2, 0.25) is 0 Å². The number of piperazine rings is 1. The molecule has 26 heavy (non-hydrogen) atoms. The minimum absolute atomic E-state index is 0.0195. The Morgan fingerprint density at radius 3 is 2.73 bits per heavy atom. The summed E-state index contributed by atoms with van der Waals surface area (Å²) in [7, 11) is 0. The summed E-state index contributed by atoms with van der Waals surface area (Å²) in [6.45, 7) is 4.66. The lowest BCUT2D eigenvalue weighted by Crippen LogP contribution is -2.51. The predicted molar refractivity (Wildman–Crippen MR) is 93.7 cm³/mol. The lowest BCUT2D eigenvalue weighted by molar-refractivity contribution is -0.129. The van der Waals surface area contributed by atoms with Crippen LogP contribution in [0.1, 0.15) is 12.7 Å². The van der Waals surface area contributed by atoms with Gasteiger partial charge >= 0.3 is 6.09 Å². The largest absolute Gasteiger partial charge is 0.467 e. The molecule has 1 saturated heterocycles. The van der Waals surface area contributed by atoms with Crippen molar-refractivity contribution in [2.24, 2.45) is 0 Å². The summed E-state index contributed by atoms with van der Waals surface area (Å²) >= 11 is 1.34. The third-order valence-electron chi connectivity index (χ3n) is 3.97. The van der Waals surface area contributed by atoms with Crippen LogP contribution in [-0.4, -0.2) is 75.1 Å². The molecule has 0 unspecified atom stereocenters. The average Bonchev–Trinajstić information content (AvgIpc) is 3.32. The van der Waals surface area contributed by atoms with Gasteiger partial charge in [-0.2, -0.15) is 0 Å². The Hall–Kier alpha value is -2.49. The minimum atomic E-state index is -0.319. The fourth-order valence-electron chi connectivity index (χ4n) is 2.61. The van der Waals surface area contributed by atoms with Gasteiger partial charge in [-0.25, -0.2) is 4.79 Å². The maximum absolute atomic E-state index is 12.4. The van der Waals surface area contributed by atoms with Crippen molar-refractivity contribution >= 4 is 23.8 Å². The first-order valence-corrected chi connectivity index (χ1v) is 9.38. The van der Waals surface area contributed by atoms with Gasteiger partial charge in [-0.3, -0.25) is 4.79 Å². The van der Waals surface area contributed by atoms with Crippen molar-refractivity contribution in [2.45, 2.75) is 18.6 Å². The van der Waals surface area contributed by atoms with E-state index in [1.165, 1.54) is 11.8 Å². The van der Waals surface area contributed by atoms with E-state index < -0.39 is 0 Å². The number of hydrogen-bond donors (Lipinski definition) is 0. The van der Waals surface area contributed by atoms with Gasteiger partial charge in [0.05, 0.1) is 25.2 Å². The molecule has 10 heteroatoms. The van der Waals surface area contributed by atoms with Crippen LogP contribution in [0.3, 0.4) is 0 Å². The summed E-state index contributed by atoms with van der Waals surface area (Å²) in [5, 5.41) is 8.64. The molecule has 0 spiro atoms. The molecule has 140 valence electrons. The van der Waals surface area contributed by atoms with Gasteiger partial charge in [-0.05, 0) is 19.1 Å². The van der Waals surface area contributed by atoms with E-state index in [-0.39, 0.29) is 17.8 Å². The smallest absolute Gasteiger partial charge is 0.409 e. The molecule has 0 aliphatic carbocycles. The Balaban J connectivity index is 1.46. The van der Waals surface area contributed by atoms with Crippen molar-refractivity contribution in [3.63, 3.8) is 0 Å². The quantitative estimate of drug-likeness (QED) is 0.699. The first-order valence-electron chi connectivity index (χ1n) is 8.40. The summed E-state index contributed by atoms with van der Waals surface area (Å²) < 4.78 is 12.2. The zero-order chi connectivity index (χ0) is 18.4. The third kappa shape index (κ3) is 4.57. The Morgan fingerprint density at radius 2 is 2.04 bits per heavy atom. The van der Waals surface area contributed by atoms with E-state index >= 15 is 0 Å². The zero-order valence-electron chi connectivity index (χ0n) is 14.5. The van der Waals surface area contributed by atoms with E-state index in [0.29, 0.717) is 44.5 Å². The molecule has 0 N–H and O–H groups in total. The first-order chi connectivity index (χ1) is 12.7. The second-order valence-corrected chi connectivity index (χ2v) is 6.62. The molecular weight excluding hydrogens is 358 g/mol. The molecule has 1 aliphatic rings. The van der Waals surface area contributed by atoms with Crippen molar-refractivity contribution in [3.05, 3.63) is 30.5 Å². The minimum Gasteiger partial charge on any atom is -0.467 e. The molecule has 2 aromatic heterocycles. The Labute approximate surface area is 155 Å². The van der Waals surface area contributed by atoms with Crippen LogP contribution < -0.4 is 0 Å². The Morgan fingerprint density at radius 1 is 1.27 bits per heavy atom. The second kappa shape index (κ2) is 8.75. The summed E-state index contributed by atoms with van der Waals surface area (Å²) in [6, 6.07) is 3.70. The van der Waals surface area contributed by atoms with Gasteiger partial charge < -0.3 is 23.5 Å². The molecule has 0 radical (unpaired) electrons. The van der Waals surface area contributed by atoms with Crippen molar-refractivity contribution in [2.75, 3.05) is 38.5 Å². The number of ether oxygens (including phenoxy) is 1. The Bertz CT molecular complexity index is 725. The summed E-state index contributed by atoms with van der Waals surface area (Å²) in [5.74, 6) is 1.09. The van der Waals surface area contributed by atoms with Crippen LogP contribution in [0.25, 0.3) is 0 Å². The van der Waals surface area contributed by atoms with Crippen molar-refractivity contribution in [3.8, 4) is 0 Å². The highest BCUT2D eigenvalue weighted by Crippen LogP contribution is 2.17. The Kier molecular flexibility index (Phi) is 6.16. The van der Waals surface area contributed by atoms with E-state index in [2.05, 4.69) is 10.2 Å². The topological polar surface area (TPSA) is 93.7 Å². The van der Waals surface area contributed by atoms with Crippen molar-refractivity contribution < 1.29 is 18.7 Å². The molecule has 0 aromatic carbocycles. The van der Waals surface area contributed by atoms with Crippen molar-refractivity contribution in [1.82, 2.24) is 24.6 Å². The molecule has 1 aliphatic heterocycles. The molecule has 0 saturated carbocycles. The fourth-order valence-corrected chi connectivity index (χ4v) is 3.42. The molecule has 0 bridgehead atoms. The van der Waals surface area contributed by atoms with Gasteiger partial charge in [0.2, 0.25) is 5.91 Å². The molecule has 3 heterocycles. The van der Waals surface area contributed by atoms with Crippen LogP contribution in [-0.2, 0) is 16.1 Å². The number of thioether (sulfide) groups is 1. The number of amides is 2. The average molecular weight is 379 g/mol. The highest BCUT2D eigenvalue weighted by atomic mass is 32.2. The van der Waals surface area contributed by atoms with Crippen LogP contribution in [0, 0.1) is 0 Å². The molecule has 2 aromatic rings. The summed E-state index contributed by atoms with van der Waals surface area (Å²) in [5.41, 5.74) is 0. The number of furan rings is 1. The van der Waals surface area contributed by atoms with Crippen LogP contribution in [0.4, 0.5) is 4.79 Å². The van der Waals surface area contributed by atoms with E-state index in [9.17, 15) is 9.59 Å². The van der Waals surface area contributed by atoms with Crippen LogP contribution in [0.15, 0.2) is 34.3 Å². The lowest BCUT2D eigenvalue weighted by Gasteiger charge is -2.34. The van der Waals surface area contributed by atoms with Gasteiger partial charge in [-0.15, -0.1) is 10.2 Å². The van der Waals surface area contributed by atoms with Gasteiger partial charge in [0.15, 0.2) is 5.16 Å². The third-order valence-corrected chi connectivity index (χ3v) is 4.94. The maximum Gasteiger partial charge on any atom is 0.409 e. The molecular formula is C16H21N5O4S. The summed E-state index contributed by atoms with van der Waals surface area (Å²) in [4.78, 5) is 27.5. The van der Waals surface area contributed by atoms with E-state index in [4.69, 9.17) is 9.15 Å². The molecule has 9 nitrogen and oxygen atoms in total. The van der Waals surface area contributed by atoms with Gasteiger partial charge in [-0.1, -0.05) is 11.8 Å². The van der Waals surface area contributed by atoms with E-state index in [1.54, 1.807) is 29.3 Å². The SMILES string of the molecule is CCOC(=O)N1CCN(C(=O)CSc2nncn2Cc2ccco2)CC1. The number of hydrogen-bond acceptors (Lipinski definition) is 7. The summed E-state index contributed by atoms with van der Waals surface area (Å²) in [6.07, 6.45) is 2.92. The monoisotopic (exact) mass is 379 g/mol. The number of rotatable bonds is 6. The maximum atomic E-state index is 12.4. The predicted octanol–water partition coefficient (Wildman–Crippen LogP) is 1.31. The molecule has 1 fully saturated rings. The molecule has 2 amide bonds. The second-order valence-electron chi connectivity index (χ2n) is 5.68. The first kappa shape index (κ1) is 18.3. The van der Waals surface area contributed by atoms with Gasteiger partial charge in [0.1, 0.15) is 12.1 Å². The molecule has 0 atom stereocenters. The van der Waals surface area contributed by atoms with Crippen LogP contribution in [0.5, 0.6) is 0 Å². The number of carbonyl (C=O) groups is 2. The zero-order valence-corrected chi connectivity index (χ0v) is 15.4. The van der Waals surface area contributed by atoms with E-state index in [0.717, 1.165) is 5.76 Å². The highest BCUT2D eigenvalue weighted by Gasteiger charge is 2.25. The number of nitrogens with zero attached hydrogens (tertiary/aromatic N) is 5.